The molecule has 0 atom stereocenters. The number of carbonyl (C=O) groups excluding carboxylic acids is 1. The van der Waals surface area contributed by atoms with Gasteiger partial charge in [0, 0.05) is 36.4 Å². The Balaban J connectivity index is 1.60. The van der Waals surface area contributed by atoms with Crippen molar-refractivity contribution in [3.8, 4) is 0 Å². The minimum Gasteiger partial charge on any atom is -0.335 e. The molecule has 1 saturated heterocycles. The lowest BCUT2D eigenvalue weighted by atomic mass is 10.1. The molecule has 0 radical (unpaired) electrons. The molecule has 8 heteroatoms. The predicted octanol–water partition coefficient (Wildman–Crippen LogP) is 1.84. The smallest absolute Gasteiger partial charge is 0.322 e. The number of hydrogen-bond donors (Lipinski definition) is 1. The Hall–Kier alpha value is -1.31. The van der Waals surface area contributed by atoms with Gasteiger partial charge in [0.05, 0.1) is 6.26 Å². The molecule has 126 valence electrons. The average Bonchev–Trinajstić information content (AvgIpc) is 2.89. The number of nitrogens with one attached hydrogen (secondary N) is 1. The van der Waals surface area contributed by atoms with E-state index in [-0.39, 0.29) is 12.1 Å². The first-order chi connectivity index (χ1) is 10.8. The number of fused-ring (bicyclic) bond motifs is 1. The third-order valence-corrected chi connectivity index (χ3v) is 5.97. The zero-order valence-corrected chi connectivity index (χ0v) is 14.5. The second-order valence-corrected chi connectivity index (χ2v) is 8.48. The number of benzene rings is 1. The van der Waals surface area contributed by atoms with Gasteiger partial charge in [0.25, 0.3) is 0 Å². The van der Waals surface area contributed by atoms with Gasteiger partial charge < -0.3 is 5.32 Å². The number of anilines is 1. The van der Waals surface area contributed by atoms with Crippen LogP contribution in [0.25, 0.3) is 0 Å². The summed E-state index contributed by atoms with van der Waals surface area (Å²) < 4.78 is 24.5. The maximum Gasteiger partial charge on any atom is 0.322 e. The Morgan fingerprint density at radius 1 is 1.26 bits per heavy atom. The lowest BCUT2D eigenvalue weighted by molar-refractivity contribution is 0.233. The number of urea groups is 1. The number of amides is 2. The van der Waals surface area contributed by atoms with Gasteiger partial charge in [-0.3, -0.25) is 4.90 Å². The summed E-state index contributed by atoms with van der Waals surface area (Å²) in [4.78, 5) is 14.2. The molecule has 1 aromatic carbocycles. The first kappa shape index (κ1) is 16.5. The van der Waals surface area contributed by atoms with Crippen molar-refractivity contribution in [3.05, 3.63) is 28.8 Å². The van der Waals surface area contributed by atoms with E-state index in [0.29, 0.717) is 37.5 Å². The Kier molecular flexibility index (Phi) is 4.53. The van der Waals surface area contributed by atoms with Crippen molar-refractivity contribution in [1.29, 1.82) is 0 Å². The number of hydrogen-bond acceptors (Lipinski definition) is 3. The molecule has 3 rings (SSSR count). The fourth-order valence-electron chi connectivity index (χ4n) is 3.17. The molecule has 0 unspecified atom stereocenters. The van der Waals surface area contributed by atoms with E-state index in [1.165, 1.54) is 10.6 Å². The summed E-state index contributed by atoms with van der Waals surface area (Å²) in [5.41, 5.74) is 1.99. The first-order valence-electron chi connectivity index (χ1n) is 7.66. The van der Waals surface area contributed by atoms with Crippen molar-refractivity contribution in [3.63, 3.8) is 0 Å². The van der Waals surface area contributed by atoms with Crippen LogP contribution in [0.5, 0.6) is 0 Å². The molecule has 0 saturated carbocycles. The van der Waals surface area contributed by atoms with Crippen molar-refractivity contribution in [2.24, 2.45) is 0 Å². The number of halogens is 1. The summed E-state index contributed by atoms with van der Waals surface area (Å²) in [6, 6.07) is 5.45. The van der Waals surface area contributed by atoms with Crippen LogP contribution in [0.4, 0.5) is 10.5 Å². The molecule has 1 aromatic rings. The van der Waals surface area contributed by atoms with E-state index in [9.17, 15) is 13.2 Å². The topological polar surface area (TPSA) is 69.7 Å². The van der Waals surface area contributed by atoms with Crippen LogP contribution in [0.2, 0.25) is 5.02 Å². The molecular formula is C15H20ClN3O3S. The van der Waals surface area contributed by atoms with E-state index in [4.69, 9.17) is 11.6 Å². The highest BCUT2D eigenvalue weighted by Crippen LogP contribution is 2.30. The molecule has 2 amide bonds. The normalized spacial score (nSPS) is 19.7. The molecule has 1 N–H and O–H groups in total. The summed E-state index contributed by atoms with van der Waals surface area (Å²) in [5, 5.41) is 3.70. The lowest BCUT2D eigenvalue weighted by Crippen LogP contribution is -2.49. The molecule has 0 bridgehead atoms. The van der Waals surface area contributed by atoms with Crippen LogP contribution in [0.3, 0.4) is 0 Å². The van der Waals surface area contributed by atoms with Gasteiger partial charge in [-0.15, -0.1) is 0 Å². The van der Waals surface area contributed by atoms with Crippen molar-refractivity contribution in [2.45, 2.75) is 25.3 Å². The zero-order valence-electron chi connectivity index (χ0n) is 13.0. The van der Waals surface area contributed by atoms with Crippen LogP contribution in [0.1, 0.15) is 18.4 Å². The molecule has 2 aliphatic rings. The molecule has 6 nitrogen and oxygen atoms in total. The molecule has 1 fully saturated rings. The van der Waals surface area contributed by atoms with Gasteiger partial charge in [-0.1, -0.05) is 11.6 Å². The van der Waals surface area contributed by atoms with E-state index >= 15 is 0 Å². The van der Waals surface area contributed by atoms with Crippen LogP contribution in [-0.2, 0) is 16.4 Å². The Bertz CT molecular complexity index is 715. The number of carbonyl (C=O) groups is 1. The molecule has 0 aliphatic carbocycles. The Labute approximate surface area is 141 Å². The highest BCUT2D eigenvalue weighted by Gasteiger charge is 2.29. The Morgan fingerprint density at radius 3 is 2.61 bits per heavy atom. The van der Waals surface area contributed by atoms with Crippen molar-refractivity contribution >= 4 is 33.3 Å². The standard InChI is InChI=1S/C15H20ClN3O3S/c1-23(21,22)18-7-5-13(6-8-18)17-15(20)19-9-4-11-10-12(16)2-3-14(11)19/h2-3,10,13H,4-9H2,1H3,(H,17,20). The maximum absolute atomic E-state index is 12.5. The maximum atomic E-state index is 12.5. The van der Waals surface area contributed by atoms with Crippen LogP contribution in [0, 0.1) is 0 Å². The Morgan fingerprint density at radius 2 is 1.96 bits per heavy atom. The predicted molar refractivity (Wildman–Crippen MR) is 90.5 cm³/mol. The van der Waals surface area contributed by atoms with Crippen LogP contribution < -0.4 is 10.2 Å². The molecular weight excluding hydrogens is 338 g/mol. The van der Waals surface area contributed by atoms with E-state index in [1.54, 1.807) is 11.0 Å². The quantitative estimate of drug-likeness (QED) is 0.878. The third-order valence-electron chi connectivity index (χ3n) is 4.43. The molecule has 23 heavy (non-hydrogen) atoms. The average molecular weight is 358 g/mol. The second kappa shape index (κ2) is 6.30. The number of nitrogens with zero attached hydrogens (tertiary/aromatic N) is 2. The highest BCUT2D eigenvalue weighted by atomic mass is 35.5. The van der Waals surface area contributed by atoms with E-state index in [0.717, 1.165) is 17.7 Å². The largest absolute Gasteiger partial charge is 0.335 e. The fourth-order valence-corrected chi connectivity index (χ4v) is 4.23. The van der Waals surface area contributed by atoms with E-state index < -0.39 is 10.0 Å². The molecule has 2 heterocycles. The molecule has 0 spiro atoms. The number of rotatable bonds is 2. The van der Waals surface area contributed by atoms with Gasteiger partial charge in [-0.2, -0.15) is 0 Å². The van der Waals surface area contributed by atoms with Crippen LogP contribution in [0.15, 0.2) is 18.2 Å². The summed E-state index contributed by atoms with van der Waals surface area (Å²) in [6.07, 6.45) is 3.30. The summed E-state index contributed by atoms with van der Waals surface area (Å²) in [7, 11) is -3.14. The zero-order chi connectivity index (χ0) is 16.6. The summed E-state index contributed by atoms with van der Waals surface area (Å²) in [5.74, 6) is 0. The molecule has 0 aromatic heterocycles. The van der Waals surface area contributed by atoms with Crippen molar-refractivity contribution < 1.29 is 13.2 Å². The van der Waals surface area contributed by atoms with Gasteiger partial charge in [-0.05, 0) is 43.0 Å². The van der Waals surface area contributed by atoms with Crippen molar-refractivity contribution in [1.82, 2.24) is 9.62 Å². The minimum absolute atomic E-state index is 0.0110. The monoisotopic (exact) mass is 357 g/mol. The summed E-state index contributed by atoms with van der Waals surface area (Å²) >= 11 is 5.98. The van der Waals surface area contributed by atoms with Crippen LogP contribution >= 0.6 is 11.6 Å². The minimum atomic E-state index is -3.14. The SMILES string of the molecule is CS(=O)(=O)N1CCC(NC(=O)N2CCc3cc(Cl)ccc32)CC1. The second-order valence-electron chi connectivity index (χ2n) is 6.06. The first-order valence-corrected chi connectivity index (χ1v) is 9.89. The van der Waals surface area contributed by atoms with Gasteiger partial charge in [0.1, 0.15) is 0 Å². The van der Waals surface area contributed by atoms with Crippen LogP contribution in [-0.4, -0.2) is 50.7 Å². The van der Waals surface area contributed by atoms with Gasteiger partial charge in [-0.25, -0.2) is 17.5 Å². The van der Waals surface area contributed by atoms with Gasteiger partial charge in [0.2, 0.25) is 10.0 Å². The summed E-state index contributed by atoms with van der Waals surface area (Å²) in [6.45, 7) is 1.55. The number of piperidine rings is 1. The van der Waals surface area contributed by atoms with E-state index in [1.807, 2.05) is 12.1 Å². The molecule has 2 aliphatic heterocycles. The highest BCUT2D eigenvalue weighted by molar-refractivity contribution is 7.88. The van der Waals surface area contributed by atoms with Crippen molar-refractivity contribution in [2.75, 3.05) is 30.8 Å². The van der Waals surface area contributed by atoms with Gasteiger partial charge in [0.15, 0.2) is 0 Å². The number of sulfonamides is 1. The fraction of sp³-hybridized carbons (Fsp3) is 0.533. The third kappa shape index (κ3) is 3.62. The van der Waals surface area contributed by atoms with Gasteiger partial charge >= 0.3 is 6.03 Å². The van der Waals surface area contributed by atoms with E-state index in [2.05, 4.69) is 5.32 Å². The lowest BCUT2D eigenvalue weighted by Gasteiger charge is -2.31.